The number of carbonyl (C=O) groups excluding carboxylic acids is 2. The number of ether oxygens (including phenoxy) is 2. The molecule has 1 unspecified atom stereocenters. The van der Waals surface area contributed by atoms with E-state index in [0.29, 0.717) is 34.3 Å². The fourth-order valence-electron chi connectivity index (χ4n) is 3.93. The van der Waals surface area contributed by atoms with Gasteiger partial charge in [-0.25, -0.2) is 4.98 Å². The molecule has 1 atom stereocenters. The van der Waals surface area contributed by atoms with Crippen molar-refractivity contribution in [1.82, 2.24) is 4.98 Å². The molecule has 202 valence electrons. The van der Waals surface area contributed by atoms with E-state index in [1.165, 1.54) is 35.8 Å². The molecule has 0 aliphatic heterocycles. The van der Waals surface area contributed by atoms with Crippen LogP contribution in [-0.4, -0.2) is 36.3 Å². The third-order valence-electron chi connectivity index (χ3n) is 6.03. The van der Waals surface area contributed by atoms with Gasteiger partial charge in [-0.15, -0.1) is 23.1 Å². The summed E-state index contributed by atoms with van der Waals surface area (Å²) in [5.41, 5.74) is 4.18. The van der Waals surface area contributed by atoms with Crippen molar-refractivity contribution in [3.63, 3.8) is 0 Å². The number of hydrogen-bond donors (Lipinski definition) is 2. The number of hydrogen-bond acceptors (Lipinski definition) is 7. The summed E-state index contributed by atoms with van der Waals surface area (Å²) in [6.45, 7) is 6.04. The van der Waals surface area contributed by atoms with Crippen molar-refractivity contribution in [3.05, 3.63) is 82.7 Å². The molecule has 3 aromatic carbocycles. The third kappa shape index (κ3) is 6.99. The summed E-state index contributed by atoms with van der Waals surface area (Å²) in [7, 11) is 3.07. The van der Waals surface area contributed by atoms with Crippen molar-refractivity contribution >= 4 is 45.7 Å². The molecule has 0 aliphatic rings. The van der Waals surface area contributed by atoms with Crippen molar-refractivity contribution in [2.24, 2.45) is 0 Å². The topological polar surface area (TPSA) is 89.5 Å². The SMILES string of the molecule is CCC(Sc1cccc(NC(=O)c2ccc(OC)c(OC)c2)c1)C(=O)Nc1nc(-c2ccc(C)cc2)c(C)s1. The highest BCUT2D eigenvalue weighted by Crippen LogP contribution is 2.33. The predicted octanol–water partition coefficient (Wildman–Crippen LogP) is 7.21. The molecule has 0 aliphatic carbocycles. The second-order valence-electron chi connectivity index (χ2n) is 8.85. The lowest BCUT2D eigenvalue weighted by Gasteiger charge is -2.14. The highest BCUT2D eigenvalue weighted by molar-refractivity contribution is 8.00. The number of nitrogens with one attached hydrogen (secondary N) is 2. The fourth-order valence-corrected chi connectivity index (χ4v) is 5.78. The first-order valence-corrected chi connectivity index (χ1v) is 14.2. The van der Waals surface area contributed by atoms with Crippen molar-refractivity contribution in [2.75, 3.05) is 24.9 Å². The van der Waals surface area contributed by atoms with E-state index in [1.807, 2.05) is 57.2 Å². The van der Waals surface area contributed by atoms with E-state index >= 15 is 0 Å². The number of thioether (sulfide) groups is 1. The van der Waals surface area contributed by atoms with Crippen LogP contribution in [0.15, 0.2) is 71.6 Å². The van der Waals surface area contributed by atoms with Gasteiger partial charge in [0.25, 0.3) is 5.91 Å². The van der Waals surface area contributed by atoms with Gasteiger partial charge in [0.1, 0.15) is 0 Å². The molecule has 4 aromatic rings. The Hall–Kier alpha value is -3.82. The Bertz CT molecular complexity index is 1470. The molecule has 2 N–H and O–H groups in total. The van der Waals surface area contributed by atoms with Crippen LogP contribution in [0.4, 0.5) is 10.8 Å². The number of anilines is 2. The first-order valence-electron chi connectivity index (χ1n) is 12.5. The molecule has 0 radical (unpaired) electrons. The number of aromatic nitrogens is 1. The number of thiazole rings is 1. The van der Waals surface area contributed by atoms with Crippen LogP contribution in [0.25, 0.3) is 11.3 Å². The number of aryl methyl sites for hydroxylation is 2. The normalized spacial score (nSPS) is 11.5. The first-order chi connectivity index (χ1) is 18.8. The lowest BCUT2D eigenvalue weighted by atomic mass is 10.1. The van der Waals surface area contributed by atoms with Crippen LogP contribution in [0.5, 0.6) is 11.5 Å². The summed E-state index contributed by atoms with van der Waals surface area (Å²) in [6, 6.07) is 20.7. The van der Waals surface area contributed by atoms with Crippen LogP contribution in [0.1, 0.15) is 34.1 Å². The van der Waals surface area contributed by atoms with E-state index in [1.54, 1.807) is 25.3 Å². The van der Waals surface area contributed by atoms with Crippen molar-refractivity contribution < 1.29 is 19.1 Å². The van der Waals surface area contributed by atoms with Gasteiger partial charge in [-0.05, 0) is 56.7 Å². The van der Waals surface area contributed by atoms with Crippen LogP contribution < -0.4 is 20.1 Å². The van der Waals surface area contributed by atoms with Gasteiger partial charge in [-0.3, -0.25) is 9.59 Å². The fraction of sp³-hybridized carbons (Fsp3) is 0.233. The summed E-state index contributed by atoms with van der Waals surface area (Å²) in [5, 5.41) is 6.18. The van der Waals surface area contributed by atoms with Gasteiger partial charge in [-0.2, -0.15) is 0 Å². The number of rotatable bonds is 10. The Labute approximate surface area is 237 Å². The predicted molar refractivity (Wildman–Crippen MR) is 160 cm³/mol. The van der Waals surface area contributed by atoms with E-state index in [4.69, 9.17) is 9.47 Å². The zero-order valence-corrected chi connectivity index (χ0v) is 24.2. The number of benzene rings is 3. The Kier molecular flexibility index (Phi) is 9.27. The zero-order chi connectivity index (χ0) is 27.9. The summed E-state index contributed by atoms with van der Waals surface area (Å²) in [5.74, 6) is 0.654. The zero-order valence-electron chi connectivity index (χ0n) is 22.5. The molecule has 0 fully saturated rings. The Balaban J connectivity index is 1.42. The van der Waals surface area contributed by atoms with Crippen molar-refractivity contribution in [1.29, 1.82) is 0 Å². The van der Waals surface area contributed by atoms with Crippen LogP contribution in [-0.2, 0) is 4.79 Å². The minimum atomic E-state index is -0.325. The molecule has 0 bridgehead atoms. The third-order valence-corrected chi connectivity index (χ3v) is 8.28. The summed E-state index contributed by atoms with van der Waals surface area (Å²) >= 11 is 2.92. The number of amides is 2. The van der Waals surface area contributed by atoms with E-state index in [2.05, 4.69) is 27.8 Å². The van der Waals surface area contributed by atoms with Gasteiger partial charge in [0, 0.05) is 26.6 Å². The molecule has 0 spiro atoms. The molecule has 39 heavy (non-hydrogen) atoms. The molecule has 2 amide bonds. The molecule has 0 saturated heterocycles. The maximum Gasteiger partial charge on any atom is 0.255 e. The Morgan fingerprint density at radius 3 is 2.38 bits per heavy atom. The highest BCUT2D eigenvalue weighted by atomic mass is 32.2. The van der Waals surface area contributed by atoms with Crippen LogP contribution in [0.3, 0.4) is 0 Å². The average Bonchev–Trinajstić information content (AvgIpc) is 3.31. The minimum Gasteiger partial charge on any atom is -0.493 e. The van der Waals surface area contributed by atoms with Crippen LogP contribution in [0, 0.1) is 13.8 Å². The molecule has 7 nitrogen and oxygen atoms in total. The molecular formula is C30H31N3O4S2. The maximum atomic E-state index is 13.2. The van der Waals surface area contributed by atoms with Gasteiger partial charge in [0.05, 0.1) is 25.2 Å². The number of nitrogens with zero attached hydrogens (tertiary/aromatic N) is 1. The average molecular weight is 562 g/mol. The number of methoxy groups -OCH3 is 2. The molecule has 0 saturated carbocycles. The molecule has 4 rings (SSSR count). The summed E-state index contributed by atoms with van der Waals surface area (Å²) in [6.07, 6.45) is 0.633. The van der Waals surface area contributed by atoms with Gasteiger partial charge in [0.2, 0.25) is 5.91 Å². The standard InChI is InChI=1S/C30H31N3O4S2/c1-6-26(29(35)33-30-32-27(19(3)38-30)20-12-10-18(2)11-13-20)39-23-9-7-8-22(17-23)31-28(34)21-14-15-24(36-4)25(16-21)37-5/h7-17,26H,6H2,1-5H3,(H,31,34)(H,32,33,35). The van der Waals surface area contributed by atoms with Crippen molar-refractivity contribution in [3.8, 4) is 22.8 Å². The largest absolute Gasteiger partial charge is 0.493 e. The molecule has 9 heteroatoms. The number of carbonyl (C=O) groups is 2. The summed E-state index contributed by atoms with van der Waals surface area (Å²) in [4.78, 5) is 32.6. The minimum absolute atomic E-state index is 0.105. The maximum absolute atomic E-state index is 13.2. The van der Waals surface area contributed by atoms with Crippen molar-refractivity contribution in [2.45, 2.75) is 37.3 Å². The van der Waals surface area contributed by atoms with Gasteiger partial charge >= 0.3 is 0 Å². The molecule has 1 aromatic heterocycles. The highest BCUT2D eigenvalue weighted by Gasteiger charge is 2.21. The second-order valence-corrected chi connectivity index (χ2v) is 11.3. The van der Waals surface area contributed by atoms with E-state index in [9.17, 15) is 9.59 Å². The summed E-state index contributed by atoms with van der Waals surface area (Å²) < 4.78 is 10.5. The Morgan fingerprint density at radius 1 is 0.949 bits per heavy atom. The molecule has 1 heterocycles. The quantitative estimate of drug-likeness (QED) is 0.199. The van der Waals surface area contributed by atoms with Crippen LogP contribution >= 0.6 is 23.1 Å². The monoisotopic (exact) mass is 561 g/mol. The van der Waals surface area contributed by atoms with E-state index < -0.39 is 0 Å². The smallest absolute Gasteiger partial charge is 0.255 e. The Morgan fingerprint density at radius 2 is 1.69 bits per heavy atom. The van der Waals surface area contributed by atoms with Crippen LogP contribution in [0.2, 0.25) is 0 Å². The second kappa shape index (κ2) is 12.8. The van der Waals surface area contributed by atoms with Gasteiger partial charge < -0.3 is 20.1 Å². The van der Waals surface area contributed by atoms with Gasteiger partial charge in [-0.1, -0.05) is 42.8 Å². The van der Waals surface area contributed by atoms with Gasteiger partial charge in [0.15, 0.2) is 16.6 Å². The lowest BCUT2D eigenvalue weighted by Crippen LogP contribution is -2.24. The lowest BCUT2D eigenvalue weighted by molar-refractivity contribution is -0.115. The van der Waals surface area contributed by atoms with E-state index in [-0.39, 0.29) is 17.1 Å². The van der Waals surface area contributed by atoms with E-state index in [0.717, 1.165) is 21.0 Å². The molecular weight excluding hydrogens is 530 g/mol. The first kappa shape index (κ1) is 28.2.